The van der Waals surface area contributed by atoms with Gasteiger partial charge in [0, 0.05) is 17.2 Å². The third kappa shape index (κ3) is 2.82. The van der Waals surface area contributed by atoms with Crippen LogP contribution in [0.3, 0.4) is 0 Å². The van der Waals surface area contributed by atoms with Gasteiger partial charge in [-0.05, 0) is 29.7 Å². The molecule has 0 fully saturated rings. The van der Waals surface area contributed by atoms with E-state index in [1.54, 1.807) is 24.3 Å². The van der Waals surface area contributed by atoms with Crippen molar-refractivity contribution >= 4 is 11.5 Å². The zero-order chi connectivity index (χ0) is 11.6. The van der Waals surface area contributed by atoms with Gasteiger partial charge < -0.3 is 5.73 Å². The van der Waals surface area contributed by atoms with Crippen LogP contribution in [0, 0.1) is 11.3 Å². The lowest BCUT2D eigenvalue weighted by atomic mass is 9.78. The Hall–Kier alpha value is -1.31. The van der Waals surface area contributed by atoms with E-state index in [4.69, 9.17) is 5.73 Å². The molecule has 2 nitrogen and oxygen atoms in total. The van der Waals surface area contributed by atoms with Gasteiger partial charge in [0.2, 0.25) is 0 Å². The summed E-state index contributed by atoms with van der Waals surface area (Å²) in [5, 5.41) is 0. The van der Waals surface area contributed by atoms with Gasteiger partial charge in [0.15, 0.2) is 5.78 Å². The molecule has 0 saturated heterocycles. The molecule has 0 aliphatic carbocycles. The quantitative estimate of drug-likeness (QED) is 0.595. The van der Waals surface area contributed by atoms with Crippen LogP contribution in [0.2, 0.25) is 0 Å². The van der Waals surface area contributed by atoms with E-state index in [9.17, 15) is 4.79 Å². The lowest BCUT2D eigenvalue weighted by Gasteiger charge is -2.25. The summed E-state index contributed by atoms with van der Waals surface area (Å²) in [6.07, 6.45) is 0. The molecule has 82 valence electrons. The first-order chi connectivity index (χ1) is 6.82. The Bertz CT molecular complexity index is 346. The predicted molar refractivity (Wildman–Crippen MR) is 63.8 cm³/mol. The average Bonchev–Trinajstić information content (AvgIpc) is 2.15. The van der Waals surface area contributed by atoms with E-state index in [0.717, 1.165) is 5.56 Å². The molecule has 15 heavy (non-hydrogen) atoms. The highest BCUT2D eigenvalue weighted by Gasteiger charge is 2.27. The van der Waals surface area contributed by atoms with Crippen molar-refractivity contribution in [1.82, 2.24) is 0 Å². The Balaban J connectivity index is 2.90. The molecule has 1 unspecified atom stereocenters. The largest absolute Gasteiger partial charge is 0.399 e. The summed E-state index contributed by atoms with van der Waals surface area (Å²) < 4.78 is 0. The summed E-state index contributed by atoms with van der Waals surface area (Å²) in [6.45, 7) is 8.20. The molecule has 0 aliphatic heterocycles. The maximum absolute atomic E-state index is 12.1. The van der Waals surface area contributed by atoms with Gasteiger partial charge in [0.05, 0.1) is 0 Å². The summed E-state index contributed by atoms with van der Waals surface area (Å²) in [6, 6.07) is 7.12. The van der Waals surface area contributed by atoms with Gasteiger partial charge >= 0.3 is 0 Å². The van der Waals surface area contributed by atoms with Crippen molar-refractivity contribution in [3.63, 3.8) is 0 Å². The minimum atomic E-state index is -0.00152. The van der Waals surface area contributed by atoms with E-state index in [-0.39, 0.29) is 17.1 Å². The van der Waals surface area contributed by atoms with Crippen molar-refractivity contribution in [2.24, 2.45) is 11.3 Å². The number of Topliss-reactive ketones (excluding diaryl/α,β-unsaturated/α-hetero) is 1. The molecule has 1 aromatic carbocycles. The number of nitrogens with two attached hydrogens (primary N) is 1. The molecule has 0 radical (unpaired) electrons. The van der Waals surface area contributed by atoms with Crippen LogP contribution in [0.15, 0.2) is 24.3 Å². The molecule has 0 aliphatic rings. The van der Waals surface area contributed by atoms with Crippen molar-refractivity contribution in [1.29, 1.82) is 0 Å². The molecule has 1 aromatic rings. The molecule has 0 heterocycles. The molecule has 0 amide bonds. The van der Waals surface area contributed by atoms with Gasteiger partial charge in [-0.2, -0.15) is 0 Å². The van der Waals surface area contributed by atoms with Gasteiger partial charge in [-0.1, -0.05) is 27.7 Å². The highest BCUT2D eigenvalue weighted by atomic mass is 16.1. The Morgan fingerprint density at radius 3 is 2.07 bits per heavy atom. The van der Waals surface area contributed by atoms with Gasteiger partial charge in [-0.3, -0.25) is 4.79 Å². The number of anilines is 1. The number of hydrogen-bond donors (Lipinski definition) is 1. The van der Waals surface area contributed by atoms with Gasteiger partial charge in [0.25, 0.3) is 0 Å². The van der Waals surface area contributed by atoms with Crippen LogP contribution < -0.4 is 5.73 Å². The number of benzene rings is 1. The van der Waals surface area contributed by atoms with E-state index >= 15 is 0 Å². The van der Waals surface area contributed by atoms with Gasteiger partial charge in [0.1, 0.15) is 0 Å². The molecule has 0 saturated carbocycles. The lowest BCUT2D eigenvalue weighted by molar-refractivity contribution is 0.0839. The fourth-order valence-corrected chi connectivity index (χ4v) is 1.29. The normalized spacial score (nSPS) is 13.6. The second-order valence-corrected chi connectivity index (χ2v) is 5.07. The van der Waals surface area contributed by atoms with Crippen LogP contribution in [-0.2, 0) is 0 Å². The summed E-state index contributed by atoms with van der Waals surface area (Å²) in [5.41, 5.74) is 7.01. The first-order valence-corrected chi connectivity index (χ1v) is 5.22. The molecule has 0 aromatic heterocycles. The molecule has 1 rings (SSSR count). The maximum atomic E-state index is 12.1. The van der Waals surface area contributed by atoms with E-state index in [2.05, 4.69) is 20.8 Å². The third-order valence-corrected chi connectivity index (χ3v) is 2.89. The topological polar surface area (TPSA) is 43.1 Å². The number of hydrogen-bond acceptors (Lipinski definition) is 2. The van der Waals surface area contributed by atoms with Crippen molar-refractivity contribution in [3.8, 4) is 0 Å². The fourth-order valence-electron chi connectivity index (χ4n) is 1.29. The predicted octanol–water partition coefficient (Wildman–Crippen LogP) is 3.13. The zero-order valence-electron chi connectivity index (χ0n) is 9.87. The van der Waals surface area contributed by atoms with Crippen LogP contribution in [0.1, 0.15) is 38.1 Å². The number of nitrogen functional groups attached to an aromatic ring is 1. The van der Waals surface area contributed by atoms with Crippen molar-refractivity contribution in [2.45, 2.75) is 27.7 Å². The second-order valence-electron chi connectivity index (χ2n) is 5.07. The van der Waals surface area contributed by atoms with E-state index in [1.165, 1.54) is 0 Å². The van der Waals surface area contributed by atoms with Crippen LogP contribution in [0.25, 0.3) is 0 Å². The van der Waals surface area contributed by atoms with E-state index in [1.807, 2.05) is 6.92 Å². The van der Waals surface area contributed by atoms with E-state index in [0.29, 0.717) is 5.69 Å². The Kier molecular flexibility index (Phi) is 3.18. The van der Waals surface area contributed by atoms with Crippen LogP contribution in [0.4, 0.5) is 5.69 Å². The van der Waals surface area contributed by atoms with Crippen LogP contribution in [-0.4, -0.2) is 5.78 Å². The summed E-state index contributed by atoms with van der Waals surface area (Å²) >= 11 is 0. The fraction of sp³-hybridized carbons (Fsp3) is 0.462. The lowest BCUT2D eigenvalue weighted by Crippen LogP contribution is -2.25. The van der Waals surface area contributed by atoms with Crippen LogP contribution >= 0.6 is 0 Å². The molecule has 1 atom stereocenters. The standard InChI is InChI=1S/C13H19NO/c1-9(13(2,3)4)12(15)10-5-7-11(14)8-6-10/h5-9H,14H2,1-4H3. The minimum Gasteiger partial charge on any atom is -0.399 e. The smallest absolute Gasteiger partial charge is 0.166 e. The Labute approximate surface area is 91.5 Å². The maximum Gasteiger partial charge on any atom is 0.166 e. The van der Waals surface area contributed by atoms with Crippen molar-refractivity contribution in [2.75, 3.05) is 5.73 Å². The van der Waals surface area contributed by atoms with Gasteiger partial charge in [-0.15, -0.1) is 0 Å². The summed E-state index contributed by atoms with van der Waals surface area (Å²) in [4.78, 5) is 12.1. The number of rotatable bonds is 2. The first-order valence-electron chi connectivity index (χ1n) is 5.22. The van der Waals surface area contributed by atoms with E-state index < -0.39 is 0 Å². The summed E-state index contributed by atoms with van der Waals surface area (Å²) in [5.74, 6) is 0.198. The zero-order valence-corrected chi connectivity index (χ0v) is 9.87. The molecule has 2 N–H and O–H groups in total. The molecule has 2 heteroatoms. The number of carbonyl (C=O) groups excluding carboxylic acids is 1. The highest BCUT2D eigenvalue weighted by molar-refractivity contribution is 5.98. The molecular weight excluding hydrogens is 186 g/mol. The monoisotopic (exact) mass is 205 g/mol. The molecular formula is C13H19NO. The molecule has 0 bridgehead atoms. The first kappa shape index (κ1) is 11.8. The van der Waals surface area contributed by atoms with Crippen LogP contribution in [0.5, 0.6) is 0 Å². The summed E-state index contributed by atoms with van der Waals surface area (Å²) in [7, 11) is 0. The SMILES string of the molecule is CC(C(=O)c1ccc(N)cc1)C(C)(C)C. The average molecular weight is 205 g/mol. The molecule has 0 spiro atoms. The minimum absolute atomic E-state index is 0.00152. The Morgan fingerprint density at radius 1 is 1.20 bits per heavy atom. The third-order valence-electron chi connectivity index (χ3n) is 2.89. The highest BCUT2D eigenvalue weighted by Crippen LogP contribution is 2.28. The number of ketones is 1. The number of carbonyl (C=O) groups is 1. The Morgan fingerprint density at radius 2 is 1.67 bits per heavy atom. The van der Waals surface area contributed by atoms with Crippen molar-refractivity contribution < 1.29 is 4.79 Å². The van der Waals surface area contributed by atoms with Crippen molar-refractivity contribution in [3.05, 3.63) is 29.8 Å². The second kappa shape index (κ2) is 4.05. The van der Waals surface area contributed by atoms with Gasteiger partial charge in [-0.25, -0.2) is 0 Å².